The molecule has 0 amide bonds. The van der Waals surface area contributed by atoms with Crippen molar-refractivity contribution in [3.05, 3.63) is 11.8 Å². The van der Waals surface area contributed by atoms with Crippen molar-refractivity contribution in [1.29, 1.82) is 0 Å². The van der Waals surface area contributed by atoms with Crippen LogP contribution in [0.2, 0.25) is 0 Å². The van der Waals surface area contributed by atoms with E-state index < -0.39 is 74.9 Å². The molecule has 0 aromatic rings. The van der Waals surface area contributed by atoms with Gasteiger partial charge in [-0.2, -0.15) is 0 Å². The van der Waals surface area contributed by atoms with E-state index in [1.54, 1.807) is 0 Å². The Morgan fingerprint density at radius 1 is 0.611 bits per heavy atom. The molecule has 0 aromatic carbocycles. The molecule has 0 aliphatic carbocycles. The summed E-state index contributed by atoms with van der Waals surface area (Å²) in [6, 6.07) is 0. The molecule has 1 aliphatic heterocycles. The van der Waals surface area contributed by atoms with Crippen LogP contribution >= 0.6 is 7.74 Å². The van der Waals surface area contributed by atoms with Crippen LogP contribution in [0.3, 0.4) is 0 Å². The molecule has 36 heavy (non-hydrogen) atoms. The van der Waals surface area contributed by atoms with E-state index in [0.717, 1.165) is 0 Å². The Balaban J connectivity index is 4.54. The summed E-state index contributed by atoms with van der Waals surface area (Å²) in [4.78, 5) is 0. The molecule has 1 rings (SSSR count). The van der Waals surface area contributed by atoms with Crippen LogP contribution in [0.25, 0.3) is 0 Å². The van der Waals surface area contributed by atoms with Crippen LogP contribution in [0.5, 0.6) is 0 Å². The SMILES string of the molecule is CCOP1(OCC)(OC(=C(F)F)C(F)(F)F)OC(C(F)(F)F)(C(F)(F)F)C(C(F)(F)F)(C(F)(F)F)O1. The Morgan fingerprint density at radius 3 is 1.06 bits per heavy atom. The molecule has 0 saturated carbocycles. The molecule has 23 heteroatoms. The Labute approximate surface area is 187 Å². The molecule has 0 atom stereocenters. The number of hydrogen-bond acceptors (Lipinski definition) is 5. The Kier molecular flexibility index (Phi) is 8.02. The third-order valence-corrected chi connectivity index (χ3v) is 7.00. The zero-order chi connectivity index (χ0) is 29.1. The molecule has 0 aromatic heterocycles. The van der Waals surface area contributed by atoms with Crippen LogP contribution < -0.4 is 0 Å². The number of hydrogen-bond donors (Lipinski definition) is 0. The van der Waals surface area contributed by atoms with E-state index in [0.29, 0.717) is 13.8 Å². The van der Waals surface area contributed by atoms with Crippen LogP contribution in [0.15, 0.2) is 11.8 Å². The summed E-state index contributed by atoms with van der Waals surface area (Å²) in [6.07, 6.45) is -42.5. The van der Waals surface area contributed by atoms with Gasteiger partial charge in [0.2, 0.25) is 0 Å². The molecule has 216 valence electrons. The van der Waals surface area contributed by atoms with Gasteiger partial charge in [0.15, 0.2) is 0 Å². The molecule has 0 spiro atoms. The quantitative estimate of drug-likeness (QED) is 0.178. The van der Waals surface area contributed by atoms with Gasteiger partial charge in [0.05, 0.1) is 0 Å². The van der Waals surface area contributed by atoms with Gasteiger partial charge in [0, 0.05) is 0 Å². The predicted molar refractivity (Wildman–Crippen MR) is 78.4 cm³/mol. The van der Waals surface area contributed by atoms with Gasteiger partial charge in [-0.15, -0.1) is 0 Å². The molecular formula is C13H10F17O5P. The van der Waals surface area contributed by atoms with Crippen molar-refractivity contribution in [2.24, 2.45) is 0 Å². The van der Waals surface area contributed by atoms with Gasteiger partial charge in [-0.3, -0.25) is 0 Å². The van der Waals surface area contributed by atoms with Gasteiger partial charge >= 0.3 is 186 Å². The average Bonchev–Trinajstić information content (AvgIpc) is 2.90. The molecule has 0 N–H and O–H groups in total. The van der Waals surface area contributed by atoms with Crippen molar-refractivity contribution in [2.75, 3.05) is 13.2 Å². The second-order valence-corrected chi connectivity index (χ2v) is 8.85. The first-order valence-corrected chi connectivity index (χ1v) is 10.3. The minimum absolute atomic E-state index is 0.357. The summed E-state index contributed by atoms with van der Waals surface area (Å²) < 4.78 is 247. The number of alkyl halides is 15. The van der Waals surface area contributed by atoms with Crippen molar-refractivity contribution in [2.45, 2.75) is 55.9 Å². The maximum atomic E-state index is 13.7. The number of rotatable bonds is 6. The first kappa shape index (κ1) is 32.6. The number of allylic oxidation sites excluding steroid dienone is 1. The summed E-state index contributed by atoms with van der Waals surface area (Å²) in [5.74, 6) is -4.03. The predicted octanol–water partition coefficient (Wildman–Crippen LogP) is 7.65. The summed E-state index contributed by atoms with van der Waals surface area (Å²) in [7, 11) is -8.79. The molecule has 1 fully saturated rings. The third-order valence-electron chi connectivity index (χ3n) is 4.01. The fourth-order valence-electron chi connectivity index (χ4n) is 2.92. The van der Waals surface area contributed by atoms with Crippen molar-refractivity contribution in [3.63, 3.8) is 0 Å². The summed E-state index contributed by atoms with van der Waals surface area (Å²) in [6.45, 7) is -2.80. The molecule has 5 nitrogen and oxygen atoms in total. The summed E-state index contributed by atoms with van der Waals surface area (Å²) in [5, 5.41) is 0. The van der Waals surface area contributed by atoms with Crippen LogP contribution in [0, 0.1) is 0 Å². The van der Waals surface area contributed by atoms with Crippen LogP contribution in [-0.2, 0) is 22.6 Å². The molecule has 1 aliphatic rings. The minimum atomic E-state index is -8.79. The van der Waals surface area contributed by atoms with Crippen LogP contribution in [0.1, 0.15) is 13.8 Å². The van der Waals surface area contributed by atoms with E-state index in [1.807, 2.05) is 0 Å². The number of halogens is 17. The van der Waals surface area contributed by atoms with Crippen molar-refractivity contribution >= 4 is 7.74 Å². The first-order valence-electron chi connectivity index (χ1n) is 8.48. The normalized spacial score (nSPS) is 23.0. The van der Waals surface area contributed by atoms with Gasteiger partial charge < -0.3 is 0 Å². The van der Waals surface area contributed by atoms with E-state index in [9.17, 15) is 74.6 Å². The topological polar surface area (TPSA) is 46.2 Å². The first-order chi connectivity index (χ1) is 15.6. The van der Waals surface area contributed by atoms with E-state index in [1.165, 1.54) is 0 Å². The fourth-order valence-corrected chi connectivity index (χ4v) is 6.30. The standard InChI is InChI=1S/C13H10F17O5P/c1-3-31-36(32-4-2,33-5(6(14)15)7(16,17)18)34-8(10(19,20)21,11(22,23)24)9(35-36,12(25,26)27)13(28,29)30/h3-4H2,1-2H3. The Bertz CT molecular complexity index is 769. The van der Waals surface area contributed by atoms with E-state index >= 15 is 0 Å². The fraction of sp³-hybridized carbons (Fsp3) is 0.846. The Morgan fingerprint density at radius 2 is 0.889 bits per heavy atom. The monoisotopic (exact) mass is 600 g/mol. The van der Waals surface area contributed by atoms with Gasteiger partial charge in [-0.1, -0.05) is 0 Å². The van der Waals surface area contributed by atoms with Gasteiger partial charge in [-0.25, -0.2) is 0 Å². The van der Waals surface area contributed by atoms with E-state index in [2.05, 4.69) is 22.6 Å². The van der Waals surface area contributed by atoms with Crippen molar-refractivity contribution in [3.8, 4) is 0 Å². The Hall–Kier alpha value is -1.38. The second-order valence-electron chi connectivity index (χ2n) is 6.30. The average molecular weight is 600 g/mol. The zero-order valence-electron chi connectivity index (χ0n) is 16.8. The zero-order valence-corrected chi connectivity index (χ0v) is 17.7. The summed E-state index contributed by atoms with van der Waals surface area (Å²) in [5.41, 5.74) is -15.5. The molecule has 1 heterocycles. The van der Waals surface area contributed by atoms with Crippen molar-refractivity contribution < 1.29 is 97.3 Å². The van der Waals surface area contributed by atoms with Crippen molar-refractivity contribution in [1.82, 2.24) is 0 Å². The van der Waals surface area contributed by atoms with E-state index in [-0.39, 0.29) is 0 Å². The third kappa shape index (κ3) is 4.66. The van der Waals surface area contributed by atoms with E-state index in [4.69, 9.17) is 0 Å². The molecule has 0 unspecified atom stereocenters. The maximum absolute atomic E-state index is 13.7. The molecule has 1 saturated heterocycles. The second kappa shape index (κ2) is 8.84. The van der Waals surface area contributed by atoms with Crippen LogP contribution in [-0.4, -0.2) is 55.3 Å². The molecular weight excluding hydrogens is 590 g/mol. The molecule has 0 bridgehead atoms. The van der Waals surface area contributed by atoms with Gasteiger partial charge in [0.25, 0.3) is 0 Å². The van der Waals surface area contributed by atoms with Gasteiger partial charge in [-0.05, 0) is 0 Å². The van der Waals surface area contributed by atoms with Gasteiger partial charge in [0.1, 0.15) is 0 Å². The summed E-state index contributed by atoms with van der Waals surface area (Å²) >= 11 is 0. The molecule has 0 radical (unpaired) electrons. The van der Waals surface area contributed by atoms with Crippen LogP contribution in [0.4, 0.5) is 74.6 Å².